The average molecular weight is 333 g/mol. The molecule has 0 fully saturated rings. The Morgan fingerprint density at radius 3 is 2.50 bits per heavy atom. The van der Waals surface area contributed by atoms with Crippen LogP contribution in [0.5, 0.6) is 0 Å². The van der Waals surface area contributed by atoms with Gasteiger partial charge in [-0.05, 0) is 43.5 Å². The first kappa shape index (κ1) is 18.1. The van der Waals surface area contributed by atoms with Crippen molar-refractivity contribution >= 4 is 5.91 Å². The van der Waals surface area contributed by atoms with Gasteiger partial charge in [-0.25, -0.2) is 4.39 Å². The van der Waals surface area contributed by atoms with Crippen molar-refractivity contribution in [1.29, 1.82) is 0 Å². The number of amides is 1. The number of halogens is 1. The summed E-state index contributed by atoms with van der Waals surface area (Å²) in [6, 6.07) is 7.42. The highest BCUT2D eigenvalue weighted by Gasteiger charge is 2.25. The van der Waals surface area contributed by atoms with Gasteiger partial charge in [0.2, 0.25) is 0 Å². The summed E-state index contributed by atoms with van der Waals surface area (Å²) in [5.41, 5.74) is -0.278. The van der Waals surface area contributed by atoms with E-state index in [-0.39, 0.29) is 24.3 Å². The van der Waals surface area contributed by atoms with Gasteiger partial charge in [-0.2, -0.15) is 5.10 Å². The van der Waals surface area contributed by atoms with Crippen LogP contribution in [0.2, 0.25) is 0 Å². The van der Waals surface area contributed by atoms with Crippen LogP contribution in [0.1, 0.15) is 55.7 Å². The Morgan fingerprint density at radius 2 is 1.92 bits per heavy atom. The summed E-state index contributed by atoms with van der Waals surface area (Å²) < 4.78 is 14.7. The molecule has 1 atom stereocenters. The van der Waals surface area contributed by atoms with Crippen molar-refractivity contribution in [1.82, 2.24) is 15.1 Å². The van der Waals surface area contributed by atoms with E-state index in [9.17, 15) is 14.3 Å². The predicted octanol–water partition coefficient (Wildman–Crippen LogP) is 3.02. The van der Waals surface area contributed by atoms with Crippen molar-refractivity contribution in [2.45, 2.75) is 45.3 Å². The summed E-state index contributed by atoms with van der Waals surface area (Å²) in [6.07, 6.45) is 3.36. The SMILES string of the molecule is CCC(CC)n1nccc1C(=O)NCC(C)(O)c1ccc(F)cc1. The second-order valence-electron chi connectivity index (χ2n) is 6.09. The van der Waals surface area contributed by atoms with E-state index in [2.05, 4.69) is 24.3 Å². The number of benzene rings is 1. The molecule has 1 amide bonds. The highest BCUT2D eigenvalue weighted by molar-refractivity contribution is 5.92. The van der Waals surface area contributed by atoms with Crippen LogP contribution in [0, 0.1) is 5.82 Å². The lowest BCUT2D eigenvalue weighted by Crippen LogP contribution is -2.39. The molecule has 2 rings (SSSR count). The van der Waals surface area contributed by atoms with Crippen LogP contribution >= 0.6 is 0 Å². The first-order valence-electron chi connectivity index (χ1n) is 8.19. The van der Waals surface area contributed by atoms with E-state index in [4.69, 9.17) is 0 Å². The maximum Gasteiger partial charge on any atom is 0.269 e. The maximum atomic E-state index is 13.0. The molecule has 2 aromatic rings. The number of hydrogen-bond donors (Lipinski definition) is 2. The van der Waals surface area contributed by atoms with Crippen LogP contribution in [0.3, 0.4) is 0 Å². The molecule has 130 valence electrons. The van der Waals surface area contributed by atoms with E-state index in [0.717, 1.165) is 12.8 Å². The first-order chi connectivity index (χ1) is 11.4. The standard InChI is InChI=1S/C18H24FN3O2/c1-4-15(5-2)22-16(10-11-21-22)17(23)20-12-18(3,24)13-6-8-14(19)9-7-13/h6-11,15,24H,4-5,12H2,1-3H3,(H,20,23). The number of aliphatic hydroxyl groups is 1. The number of carbonyl (C=O) groups excluding carboxylic acids is 1. The number of carbonyl (C=O) groups is 1. The van der Waals surface area contributed by atoms with Gasteiger partial charge in [0.1, 0.15) is 17.1 Å². The van der Waals surface area contributed by atoms with E-state index in [1.165, 1.54) is 24.3 Å². The molecule has 0 spiro atoms. The van der Waals surface area contributed by atoms with Gasteiger partial charge in [0.15, 0.2) is 0 Å². The summed E-state index contributed by atoms with van der Waals surface area (Å²) in [5.74, 6) is -0.658. The summed E-state index contributed by atoms with van der Waals surface area (Å²) >= 11 is 0. The predicted molar refractivity (Wildman–Crippen MR) is 90.2 cm³/mol. The molecule has 5 nitrogen and oxygen atoms in total. The summed E-state index contributed by atoms with van der Waals surface area (Å²) in [5, 5.41) is 17.5. The van der Waals surface area contributed by atoms with E-state index in [0.29, 0.717) is 11.3 Å². The Labute approximate surface area is 141 Å². The Kier molecular flexibility index (Phi) is 5.72. The van der Waals surface area contributed by atoms with Crippen molar-refractivity contribution in [3.63, 3.8) is 0 Å². The number of rotatable bonds is 7. The van der Waals surface area contributed by atoms with Crippen molar-refractivity contribution < 1.29 is 14.3 Å². The Morgan fingerprint density at radius 1 is 1.29 bits per heavy atom. The fraction of sp³-hybridized carbons (Fsp3) is 0.444. The van der Waals surface area contributed by atoms with Crippen molar-refractivity contribution in [2.75, 3.05) is 6.54 Å². The highest BCUT2D eigenvalue weighted by atomic mass is 19.1. The monoisotopic (exact) mass is 333 g/mol. The zero-order valence-electron chi connectivity index (χ0n) is 14.3. The summed E-state index contributed by atoms with van der Waals surface area (Å²) in [7, 11) is 0. The van der Waals surface area contributed by atoms with Gasteiger partial charge in [0, 0.05) is 6.20 Å². The highest BCUT2D eigenvalue weighted by Crippen LogP contribution is 2.21. The van der Waals surface area contributed by atoms with Crippen LogP contribution in [-0.2, 0) is 5.60 Å². The Balaban J connectivity index is 2.08. The minimum atomic E-state index is -1.29. The molecule has 0 radical (unpaired) electrons. The third-order valence-corrected chi connectivity index (χ3v) is 4.25. The molecule has 1 aromatic heterocycles. The van der Waals surface area contributed by atoms with Gasteiger partial charge in [0.05, 0.1) is 12.6 Å². The van der Waals surface area contributed by atoms with Crippen LogP contribution < -0.4 is 5.32 Å². The molecule has 2 N–H and O–H groups in total. The van der Waals surface area contributed by atoms with Crippen molar-refractivity contribution in [2.24, 2.45) is 0 Å². The van der Waals surface area contributed by atoms with E-state index in [1.54, 1.807) is 23.9 Å². The Bertz CT molecular complexity index is 676. The largest absolute Gasteiger partial charge is 0.384 e. The topological polar surface area (TPSA) is 67.2 Å². The summed E-state index contributed by atoms with van der Waals surface area (Å²) in [4.78, 5) is 12.5. The molecule has 1 heterocycles. The third kappa shape index (κ3) is 4.00. The molecule has 0 saturated carbocycles. The quantitative estimate of drug-likeness (QED) is 0.818. The second-order valence-corrected chi connectivity index (χ2v) is 6.09. The lowest BCUT2D eigenvalue weighted by atomic mass is 9.96. The third-order valence-electron chi connectivity index (χ3n) is 4.25. The fourth-order valence-corrected chi connectivity index (χ4v) is 2.67. The van der Waals surface area contributed by atoms with Gasteiger partial charge < -0.3 is 10.4 Å². The van der Waals surface area contributed by atoms with E-state index >= 15 is 0 Å². The molecule has 6 heteroatoms. The van der Waals surface area contributed by atoms with Crippen molar-refractivity contribution in [3.05, 3.63) is 53.6 Å². The lowest BCUT2D eigenvalue weighted by molar-refractivity contribution is 0.0522. The number of hydrogen-bond acceptors (Lipinski definition) is 3. The fourth-order valence-electron chi connectivity index (χ4n) is 2.67. The number of nitrogens with zero attached hydrogens (tertiary/aromatic N) is 2. The zero-order chi connectivity index (χ0) is 17.7. The van der Waals surface area contributed by atoms with Crippen LogP contribution in [0.25, 0.3) is 0 Å². The number of nitrogens with one attached hydrogen (secondary N) is 1. The molecule has 0 aliphatic heterocycles. The molecule has 0 aliphatic rings. The van der Waals surface area contributed by atoms with E-state index in [1.807, 2.05) is 0 Å². The summed E-state index contributed by atoms with van der Waals surface area (Å²) in [6.45, 7) is 5.71. The second kappa shape index (κ2) is 7.57. The zero-order valence-corrected chi connectivity index (χ0v) is 14.3. The molecule has 0 bridgehead atoms. The van der Waals surface area contributed by atoms with Gasteiger partial charge in [-0.3, -0.25) is 9.48 Å². The normalized spacial score (nSPS) is 13.8. The van der Waals surface area contributed by atoms with Crippen LogP contribution in [0.15, 0.2) is 36.5 Å². The van der Waals surface area contributed by atoms with Gasteiger partial charge in [-0.1, -0.05) is 26.0 Å². The van der Waals surface area contributed by atoms with Gasteiger partial charge >= 0.3 is 0 Å². The van der Waals surface area contributed by atoms with E-state index < -0.39 is 5.60 Å². The molecular weight excluding hydrogens is 309 g/mol. The molecule has 1 aromatic carbocycles. The number of aromatic nitrogens is 2. The molecule has 24 heavy (non-hydrogen) atoms. The van der Waals surface area contributed by atoms with Crippen molar-refractivity contribution in [3.8, 4) is 0 Å². The molecular formula is C18H24FN3O2. The molecule has 0 saturated heterocycles. The smallest absolute Gasteiger partial charge is 0.269 e. The minimum absolute atomic E-state index is 0.0194. The molecule has 1 unspecified atom stereocenters. The first-order valence-corrected chi connectivity index (χ1v) is 8.19. The van der Waals surface area contributed by atoms with Crippen LogP contribution in [0.4, 0.5) is 4.39 Å². The molecule has 0 aliphatic carbocycles. The van der Waals surface area contributed by atoms with Crippen LogP contribution in [-0.4, -0.2) is 27.3 Å². The average Bonchev–Trinajstić information content (AvgIpc) is 3.04. The lowest BCUT2D eigenvalue weighted by Gasteiger charge is -2.24. The maximum absolute atomic E-state index is 13.0. The van der Waals surface area contributed by atoms with Gasteiger partial charge in [-0.15, -0.1) is 0 Å². The van der Waals surface area contributed by atoms with Gasteiger partial charge in [0.25, 0.3) is 5.91 Å². The minimum Gasteiger partial charge on any atom is -0.384 e. The Hall–Kier alpha value is -2.21.